The number of nitrogens with two attached hydrogens (primary N) is 1. The second kappa shape index (κ2) is 6.97. The number of nitrogen functional groups attached to an aromatic ring is 1. The van der Waals surface area contributed by atoms with Gasteiger partial charge in [-0.25, -0.2) is 9.97 Å². The van der Waals surface area contributed by atoms with Crippen LogP contribution in [0.4, 0.5) is 5.95 Å². The molecule has 2 aromatic heterocycles. The first-order chi connectivity index (χ1) is 11.6. The summed E-state index contributed by atoms with van der Waals surface area (Å²) in [5, 5.41) is 3.72. The first kappa shape index (κ1) is 16.4. The minimum Gasteiger partial charge on any atom is -0.368 e. The van der Waals surface area contributed by atoms with Crippen molar-refractivity contribution in [3.8, 4) is 0 Å². The second-order valence-electron chi connectivity index (χ2n) is 5.64. The molecule has 0 radical (unpaired) electrons. The van der Waals surface area contributed by atoms with Crippen molar-refractivity contribution in [2.24, 2.45) is 0 Å². The number of thiophene rings is 1. The number of hydrogen-bond donors (Lipinski definition) is 2. The molecule has 1 atom stereocenters. The van der Waals surface area contributed by atoms with E-state index in [9.17, 15) is 4.79 Å². The van der Waals surface area contributed by atoms with Crippen LogP contribution in [-0.2, 0) is 0 Å². The summed E-state index contributed by atoms with van der Waals surface area (Å²) >= 11 is 1.35. The zero-order valence-electron chi connectivity index (χ0n) is 13.7. The Morgan fingerprint density at radius 1 is 1.38 bits per heavy atom. The number of carbonyl (C=O) groups is 1. The minimum atomic E-state index is -0.0859. The van der Waals surface area contributed by atoms with Crippen molar-refractivity contribution in [3.05, 3.63) is 52.6 Å². The third-order valence-electron chi connectivity index (χ3n) is 3.99. The summed E-state index contributed by atoms with van der Waals surface area (Å²) in [7, 11) is 0. The lowest BCUT2D eigenvalue weighted by molar-refractivity contribution is 0.0960. The van der Waals surface area contributed by atoms with Crippen LogP contribution in [0.3, 0.4) is 0 Å². The zero-order chi connectivity index (χ0) is 17.1. The van der Waals surface area contributed by atoms with E-state index in [1.807, 2.05) is 31.2 Å². The molecule has 2 heterocycles. The van der Waals surface area contributed by atoms with Gasteiger partial charge < -0.3 is 11.1 Å². The molecule has 1 amide bonds. The quantitative estimate of drug-likeness (QED) is 0.891. The van der Waals surface area contributed by atoms with Crippen molar-refractivity contribution in [1.29, 1.82) is 0 Å². The van der Waals surface area contributed by atoms with Crippen LogP contribution in [-0.4, -0.2) is 22.4 Å². The summed E-state index contributed by atoms with van der Waals surface area (Å²) in [6.07, 6.45) is 11.2. The van der Waals surface area contributed by atoms with Crippen molar-refractivity contribution in [2.75, 3.05) is 12.3 Å². The Balaban J connectivity index is 2.06. The van der Waals surface area contributed by atoms with E-state index in [4.69, 9.17) is 5.73 Å². The fourth-order valence-electron chi connectivity index (χ4n) is 2.74. The molecule has 1 aliphatic rings. The topological polar surface area (TPSA) is 80.9 Å². The molecule has 0 saturated carbocycles. The maximum Gasteiger partial charge on any atom is 0.261 e. The Hall–Kier alpha value is -2.47. The van der Waals surface area contributed by atoms with Crippen LogP contribution < -0.4 is 11.1 Å². The first-order valence-electron chi connectivity index (χ1n) is 7.97. The number of nitrogens with zero attached hydrogens (tertiary/aromatic N) is 2. The number of carbonyl (C=O) groups excluding carboxylic acids is 1. The van der Waals surface area contributed by atoms with Gasteiger partial charge in [0, 0.05) is 17.8 Å². The van der Waals surface area contributed by atoms with Crippen molar-refractivity contribution < 1.29 is 4.79 Å². The van der Waals surface area contributed by atoms with Gasteiger partial charge in [-0.3, -0.25) is 4.79 Å². The fourth-order valence-corrected chi connectivity index (χ4v) is 3.70. The standard InChI is InChI=1S/C18H20N4OS/c1-3-20-16(23)14-10-13-15(21-18(19)22-17(13)24-14)11(2)12-8-6-4-5-7-9-12/h4-8,10-11H,3,9H2,1-2H3,(H,20,23)(H2,19,21,22). The molecule has 24 heavy (non-hydrogen) atoms. The molecule has 124 valence electrons. The molecule has 0 bridgehead atoms. The van der Waals surface area contributed by atoms with E-state index in [2.05, 4.69) is 34.4 Å². The molecule has 2 aromatic rings. The highest BCUT2D eigenvalue weighted by molar-refractivity contribution is 7.20. The Morgan fingerprint density at radius 2 is 2.21 bits per heavy atom. The highest BCUT2D eigenvalue weighted by Gasteiger charge is 2.20. The lowest BCUT2D eigenvalue weighted by Crippen LogP contribution is -2.21. The predicted octanol–water partition coefficient (Wildman–Crippen LogP) is 3.57. The van der Waals surface area contributed by atoms with Gasteiger partial charge in [0.1, 0.15) is 4.83 Å². The van der Waals surface area contributed by atoms with Gasteiger partial charge in [0.05, 0.1) is 10.6 Å². The molecule has 0 aliphatic heterocycles. The van der Waals surface area contributed by atoms with Crippen LogP contribution in [0.1, 0.15) is 41.6 Å². The zero-order valence-corrected chi connectivity index (χ0v) is 14.6. The van der Waals surface area contributed by atoms with E-state index in [-0.39, 0.29) is 17.8 Å². The van der Waals surface area contributed by atoms with Crippen LogP contribution in [0.5, 0.6) is 0 Å². The normalized spacial score (nSPS) is 15.2. The maximum atomic E-state index is 12.1. The number of hydrogen-bond acceptors (Lipinski definition) is 5. The fraction of sp³-hybridized carbons (Fsp3) is 0.278. The highest BCUT2D eigenvalue weighted by atomic mass is 32.1. The summed E-state index contributed by atoms with van der Waals surface area (Å²) < 4.78 is 0. The van der Waals surface area contributed by atoms with Crippen molar-refractivity contribution in [2.45, 2.75) is 26.2 Å². The molecular weight excluding hydrogens is 320 g/mol. The molecule has 1 unspecified atom stereocenters. The predicted molar refractivity (Wildman–Crippen MR) is 99.2 cm³/mol. The highest BCUT2D eigenvalue weighted by Crippen LogP contribution is 2.34. The third kappa shape index (κ3) is 3.23. The van der Waals surface area contributed by atoms with E-state index in [1.54, 1.807) is 0 Å². The number of nitrogens with one attached hydrogen (secondary N) is 1. The van der Waals surface area contributed by atoms with Crippen LogP contribution in [0, 0.1) is 0 Å². The van der Waals surface area contributed by atoms with Crippen molar-refractivity contribution in [3.63, 3.8) is 0 Å². The molecule has 0 spiro atoms. The van der Waals surface area contributed by atoms with E-state index in [0.717, 1.165) is 22.3 Å². The van der Waals surface area contributed by atoms with Gasteiger partial charge in [-0.15, -0.1) is 11.3 Å². The molecular formula is C18H20N4OS. The molecule has 0 aromatic carbocycles. The van der Waals surface area contributed by atoms with Gasteiger partial charge in [-0.1, -0.05) is 42.9 Å². The lowest BCUT2D eigenvalue weighted by Gasteiger charge is -2.15. The molecule has 3 rings (SSSR count). The Morgan fingerprint density at radius 3 is 3.00 bits per heavy atom. The first-order valence-corrected chi connectivity index (χ1v) is 8.79. The Kier molecular flexibility index (Phi) is 4.76. The summed E-state index contributed by atoms with van der Waals surface area (Å²) in [5.74, 6) is 0.257. The van der Waals surface area contributed by atoms with Crippen molar-refractivity contribution in [1.82, 2.24) is 15.3 Å². The number of rotatable bonds is 4. The van der Waals surface area contributed by atoms with Crippen LogP contribution in [0.2, 0.25) is 0 Å². The molecule has 1 aliphatic carbocycles. The number of anilines is 1. The Bertz CT molecular complexity index is 863. The SMILES string of the molecule is CCNC(=O)c1cc2c(C(C)C3=CC=CC=CC3)nc(N)nc2s1. The lowest BCUT2D eigenvalue weighted by atomic mass is 9.93. The molecule has 3 N–H and O–H groups in total. The summed E-state index contributed by atoms with van der Waals surface area (Å²) in [5.41, 5.74) is 8.03. The molecule has 0 fully saturated rings. The van der Waals surface area contributed by atoms with Crippen molar-refractivity contribution >= 4 is 33.4 Å². The van der Waals surface area contributed by atoms with Gasteiger partial charge in [0.2, 0.25) is 5.95 Å². The Labute approximate surface area is 145 Å². The monoisotopic (exact) mass is 340 g/mol. The van der Waals surface area contributed by atoms with Gasteiger partial charge in [0.25, 0.3) is 5.91 Å². The molecule has 6 heteroatoms. The van der Waals surface area contributed by atoms with Crippen LogP contribution in [0.25, 0.3) is 10.2 Å². The average molecular weight is 340 g/mol. The van der Waals surface area contributed by atoms with E-state index < -0.39 is 0 Å². The smallest absolute Gasteiger partial charge is 0.261 e. The minimum absolute atomic E-state index is 0.0859. The van der Waals surface area contributed by atoms with E-state index in [1.165, 1.54) is 16.9 Å². The maximum absolute atomic E-state index is 12.1. The summed E-state index contributed by atoms with van der Waals surface area (Å²) in [6.45, 7) is 4.61. The van der Waals surface area contributed by atoms with Crippen LogP contribution in [0.15, 0.2) is 42.0 Å². The third-order valence-corrected chi connectivity index (χ3v) is 5.02. The number of amides is 1. The summed E-state index contributed by atoms with van der Waals surface area (Å²) in [6, 6.07) is 1.87. The molecule has 5 nitrogen and oxygen atoms in total. The number of allylic oxidation sites excluding steroid dienone is 6. The van der Waals surface area contributed by atoms with Crippen LogP contribution >= 0.6 is 11.3 Å². The summed E-state index contributed by atoms with van der Waals surface area (Å²) in [4.78, 5) is 22.3. The average Bonchev–Trinajstić information content (AvgIpc) is 2.80. The van der Waals surface area contributed by atoms with E-state index >= 15 is 0 Å². The van der Waals surface area contributed by atoms with Gasteiger partial charge >= 0.3 is 0 Å². The number of aromatic nitrogens is 2. The van der Waals surface area contributed by atoms with Gasteiger partial charge in [-0.05, 0) is 19.4 Å². The number of fused-ring (bicyclic) bond motifs is 1. The van der Waals surface area contributed by atoms with Gasteiger partial charge in [-0.2, -0.15) is 0 Å². The van der Waals surface area contributed by atoms with E-state index in [0.29, 0.717) is 11.4 Å². The molecule has 0 saturated heterocycles. The largest absolute Gasteiger partial charge is 0.368 e. The van der Waals surface area contributed by atoms with Gasteiger partial charge in [0.15, 0.2) is 0 Å². The second-order valence-corrected chi connectivity index (χ2v) is 6.67.